The van der Waals surface area contributed by atoms with E-state index < -0.39 is 22.0 Å². The number of fused-ring (bicyclic) bond motifs is 1. The average Bonchev–Trinajstić information content (AvgIpc) is 3.08. The molecule has 0 saturated carbocycles. The first kappa shape index (κ1) is 26.3. The third-order valence-electron chi connectivity index (χ3n) is 6.54. The van der Waals surface area contributed by atoms with Gasteiger partial charge in [-0.1, -0.05) is 42.5 Å². The van der Waals surface area contributed by atoms with Crippen molar-refractivity contribution in [2.45, 2.75) is 37.1 Å². The predicted octanol–water partition coefficient (Wildman–Crippen LogP) is 4.69. The van der Waals surface area contributed by atoms with Gasteiger partial charge in [-0.2, -0.15) is 9.30 Å². The highest BCUT2D eigenvalue weighted by molar-refractivity contribution is 7.89. The first-order valence-corrected chi connectivity index (χ1v) is 13.4. The van der Waals surface area contributed by atoms with Crippen LogP contribution in [0.1, 0.15) is 31.9 Å². The Bertz CT molecular complexity index is 1490. The molecule has 1 atom stereocenters. The summed E-state index contributed by atoms with van der Waals surface area (Å²) in [5.74, 6) is 0.0550. The molecule has 8 heteroatoms. The fourth-order valence-corrected chi connectivity index (χ4v) is 5.78. The molecule has 3 aromatic carbocycles. The highest BCUT2D eigenvalue weighted by atomic mass is 32.2. The number of benzene rings is 3. The van der Waals surface area contributed by atoms with Crippen molar-refractivity contribution in [3.8, 4) is 11.5 Å². The van der Waals surface area contributed by atoms with Gasteiger partial charge in [0.25, 0.3) is 0 Å². The van der Waals surface area contributed by atoms with E-state index in [9.17, 15) is 13.2 Å². The second-order valence-corrected chi connectivity index (χ2v) is 11.1. The Morgan fingerprint density at radius 2 is 1.59 bits per heavy atom. The molecule has 1 unspecified atom stereocenters. The highest BCUT2D eigenvalue weighted by Crippen LogP contribution is 2.39. The SMILES string of the molecule is COc1cccc(OC(=O)C(C)NS(=O)(=O)c2ccccc2)c1C=CC1=[N+](C)c2ccccc2C1(C)C. The Hall–Kier alpha value is -3.75. The van der Waals surface area contributed by atoms with E-state index in [0.29, 0.717) is 11.3 Å². The van der Waals surface area contributed by atoms with Crippen LogP contribution in [-0.4, -0.2) is 44.9 Å². The van der Waals surface area contributed by atoms with Crippen molar-refractivity contribution in [2.75, 3.05) is 14.2 Å². The summed E-state index contributed by atoms with van der Waals surface area (Å²) in [4.78, 5) is 13.0. The average molecular weight is 520 g/mol. The third kappa shape index (κ3) is 5.21. The molecule has 3 aromatic rings. The molecular formula is C29H31N2O5S+. The summed E-state index contributed by atoms with van der Waals surface area (Å²) in [6, 6.07) is 20.2. The molecule has 0 spiro atoms. The van der Waals surface area contributed by atoms with Gasteiger partial charge in [0.15, 0.2) is 5.71 Å². The van der Waals surface area contributed by atoms with E-state index in [2.05, 4.69) is 35.3 Å². The number of allylic oxidation sites excluding steroid dienone is 1. The molecule has 0 amide bonds. The predicted molar refractivity (Wildman–Crippen MR) is 144 cm³/mol. The standard InChI is InChI=1S/C29H31N2O5S/c1-20(30-37(33,34)21-12-7-6-8-13-21)28(32)36-26-17-11-16-25(35-5)22(26)18-19-27-29(2,3)23-14-9-10-15-24(23)31(27)4/h6-20,30H,1-5H3/q+1. The van der Waals surface area contributed by atoms with E-state index >= 15 is 0 Å². The van der Waals surface area contributed by atoms with E-state index in [0.717, 1.165) is 11.4 Å². The van der Waals surface area contributed by atoms with Crippen LogP contribution < -0.4 is 14.2 Å². The van der Waals surface area contributed by atoms with E-state index in [1.54, 1.807) is 43.5 Å². The normalized spacial score (nSPS) is 15.5. The Kier molecular flexibility index (Phi) is 7.34. The zero-order valence-corrected chi connectivity index (χ0v) is 22.4. The number of methoxy groups -OCH3 is 1. The van der Waals surface area contributed by atoms with E-state index in [1.165, 1.54) is 24.6 Å². The van der Waals surface area contributed by atoms with Crippen molar-refractivity contribution in [2.24, 2.45) is 0 Å². The van der Waals surface area contributed by atoms with Crippen molar-refractivity contribution in [1.29, 1.82) is 0 Å². The van der Waals surface area contributed by atoms with Crippen LogP contribution in [0.5, 0.6) is 11.5 Å². The zero-order chi connectivity index (χ0) is 26.8. The van der Waals surface area contributed by atoms with Crippen LogP contribution in [0.4, 0.5) is 5.69 Å². The monoisotopic (exact) mass is 519 g/mol. The molecule has 0 saturated heterocycles. The van der Waals surface area contributed by atoms with Crippen molar-refractivity contribution >= 4 is 33.5 Å². The molecule has 192 valence electrons. The van der Waals surface area contributed by atoms with Gasteiger partial charge in [0.2, 0.25) is 15.7 Å². The number of rotatable bonds is 8. The van der Waals surface area contributed by atoms with E-state index in [4.69, 9.17) is 9.47 Å². The van der Waals surface area contributed by atoms with Crippen molar-refractivity contribution < 1.29 is 27.3 Å². The van der Waals surface area contributed by atoms with Gasteiger partial charge in [-0.3, -0.25) is 0 Å². The van der Waals surface area contributed by atoms with Crippen LogP contribution in [0.2, 0.25) is 0 Å². The second kappa shape index (κ2) is 10.3. The van der Waals surface area contributed by atoms with Crippen LogP contribution in [0.25, 0.3) is 6.08 Å². The summed E-state index contributed by atoms with van der Waals surface area (Å²) in [6.07, 6.45) is 3.86. The van der Waals surface area contributed by atoms with Crippen LogP contribution in [0.15, 0.2) is 83.8 Å². The minimum absolute atomic E-state index is 0.0703. The number of carbonyl (C=O) groups is 1. The van der Waals surface area contributed by atoms with Gasteiger partial charge in [0, 0.05) is 17.7 Å². The largest absolute Gasteiger partial charge is 0.496 e. The molecule has 1 heterocycles. The number of hydrogen-bond donors (Lipinski definition) is 1. The highest BCUT2D eigenvalue weighted by Gasteiger charge is 2.42. The molecule has 0 fully saturated rings. The fraction of sp³-hybridized carbons (Fsp3) is 0.241. The molecular weight excluding hydrogens is 488 g/mol. The lowest BCUT2D eigenvalue weighted by molar-refractivity contribution is -0.401. The minimum Gasteiger partial charge on any atom is -0.496 e. The first-order chi connectivity index (χ1) is 17.6. The Labute approximate surface area is 218 Å². The van der Waals surface area contributed by atoms with Gasteiger partial charge in [-0.25, -0.2) is 13.2 Å². The summed E-state index contributed by atoms with van der Waals surface area (Å²) >= 11 is 0. The maximum absolute atomic E-state index is 12.9. The maximum Gasteiger partial charge on any atom is 0.329 e. The number of hydrogen-bond acceptors (Lipinski definition) is 5. The van der Waals surface area contributed by atoms with Crippen molar-refractivity contribution in [3.05, 3.63) is 90.0 Å². The molecule has 1 N–H and O–H groups in total. The summed E-state index contributed by atoms with van der Waals surface area (Å²) in [5.41, 5.74) is 3.77. The molecule has 1 aliphatic rings. The molecule has 0 bridgehead atoms. The Morgan fingerprint density at radius 1 is 0.946 bits per heavy atom. The molecule has 4 rings (SSSR count). The lowest BCUT2D eigenvalue weighted by Crippen LogP contribution is -2.40. The van der Waals surface area contributed by atoms with Crippen LogP contribution in [-0.2, 0) is 20.2 Å². The molecule has 37 heavy (non-hydrogen) atoms. The summed E-state index contributed by atoms with van der Waals surface area (Å²) in [7, 11) is -0.315. The molecule has 0 radical (unpaired) electrons. The second-order valence-electron chi connectivity index (χ2n) is 9.37. The van der Waals surface area contributed by atoms with Gasteiger partial charge >= 0.3 is 5.97 Å². The van der Waals surface area contributed by atoms with Crippen molar-refractivity contribution in [1.82, 2.24) is 4.72 Å². The number of nitrogens with one attached hydrogen (secondary N) is 1. The van der Waals surface area contributed by atoms with E-state index in [1.807, 2.05) is 31.3 Å². The smallest absolute Gasteiger partial charge is 0.329 e. The lowest BCUT2D eigenvalue weighted by Gasteiger charge is -2.17. The summed E-state index contributed by atoms with van der Waals surface area (Å²) in [5, 5.41) is 0. The fourth-order valence-electron chi connectivity index (χ4n) is 4.56. The van der Waals surface area contributed by atoms with E-state index in [-0.39, 0.29) is 16.1 Å². The van der Waals surface area contributed by atoms with Gasteiger partial charge in [0.1, 0.15) is 24.6 Å². The minimum atomic E-state index is -3.88. The van der Waals surface area contributed by atoms with Crippen LogP contribution >= 0.6 is 0 Å². The third-order valence-corrected chi connectivity index (χ3v) is 8.10. The van der Waals surface area contributed by atoms with Crippen molar-refractivity contribution in [3.63, 3.8) is 0 Å². The molecule has 0 aliphatic carbocycles. The summed E-state index contributed by atoms with van der Waals surface area (Å²) in [6.45, 7) is 5.78. The summed E-state index contributed by atoms with van der Waals surface area (Å²) < 4.78 is 41.0. The molecule has 0 aromatic heterocycles. The van der Waals surface area contributed by atoms with Gasteiger partial charge in [-0.05, 0) is 51.1 Å². The number of sulfonamides is 1. The Morgan fingerprint density at radius 3 is 2.27 bits per heavy atom. The van der Waals surface area contributed by atoms with Gasteiger partial charge in [-0.15, -0.1) is 0 Å². The Balaban J connectivity index is 1.60. The van der Waals surface area contributed by atoms with Gasteiger partial charge < -0.3 is 9.47 Å². The molecule has 7 nitrogen and oxygen atoms in total. The number of para-hydroxylation sites is 1. The number of carbonyl (C=O) groups excluding carboxylic acids is 1. The molecule has 1 aliphatic heterocycles. The lowest BCUT2D eigenvalue weighted by atomic mass is 9.81. The van der Waals surface area contributed by atoms with Crippen LogP contribution in [0, 0.1) is 0 Å². The maximum atomic E-state index is 12.9. The first-order valence-electron chi connectivity index (χ1n) is 11.9. The topological polar surface area (TPSA) is 84.7 Å². The number of ether oxygens (including phenoxy) is 2. The number of nitrogens with zero attached hydrogens (tertiary/aromatic N) is 1. The number of esters is 1. The zero-order valence-electron chi connectivity index (χ0n) is 21.6. The van der Waals surface area contributed by atoms with Gasteiger partial charge in [0.05, 0.1) is 23.0 Å². The van der Waals surface area contributed by atoms with Crippen LogP contribution in [0.3, 0.4) is 0 Å². The quantitative estimate of drug-likeness (QED) is 0.265.